The number of hydrogen-bond donors (Lipinski definition) is 0. The van der Waals surface area contributed by atoms with Crippen molar-refractivity contribution < 1.29 is 9.53 Å². The topological polar surface area (TPSA) is 76.4 Å². The van der Waals surface area contributed by atoms with Crippen LogP contribution in [0.15, 0.2) is 60.8 Å². The molecule has 5 rings (SSSR count). The van der Waals surface area contributed by atoms with Crippen molar-refractivity contribution >= 4 is 22.8 Å². The van der Waals surface area contributed by atoms with Crippen LogP contribution in [0.3, 0.4) is 0 Å². The normalized spacial score (nSPS) is 13.9. The number of rotatable bonds is 6. The lowest BCUT2D eigenvalue weighted by molar-refractivity contribution is 0.0746. The molecule has 0 bridgehead atoms. The van der Waals surface area contributed by atoms with Gasteiger partial charge in [0.1, 0.15) is 17.4 Å². The van der Waals surface area contributed by atoms with Crippen molar-refractivity contribution in [1.82, 2.24) is 24.6 Å². The van der Waals surface area contributed by atoms with Gasteiger partial charge >= 0.3 is 0 Å². The summed E-state index contributed by atoms with van der Waals surface area (Å²) >= 11 is 0. The number of nitrogens with zero attached hydrogens (tertiary/aromatic N) is 6. The van der Waals surface area contributed by atoms with E-state index in [0.29, 0.717) is 31.7 Å². The Bertz CT molecular complexity index is 1280. The quantitative estimate of drug-likeness (QED) is 0.440. The van der Waals surface area contributed by atoms with Crippen molar-refractivity contribution in [2.75, 3.05) is 38.2 Å². The molecule has 0 atom stereocenters. The molecule has 1 aliphatic rings. The summed E-state index contributed by atoms with van der Waals surface area (Å²) in [4.78, 5) is 26.9. The first kappa shape index (κ1) is 21.9. The van der Waals surface area contributed by atoms with Crippen LogP contribution in [-0.4, -0.2) is 63.8 Å². The highest BCUT2D eigenvalue weighted by Crippen LogP contribution is 2.27. The summed E-state index contributed by atoms with van der Waals surface area (Å²) in [5, 5.41) is 5.56. The number of aryl methyl sites for hydroxylation is 1. The Morgan fingerprint density at radius 3 is 2.38 bits per heavy atom. The van der Waals surface area contributed by atoms with E-state index < -0.39 is 0 Å². The third-order valence-corrected chi connectivity index (χ3v) is 6.13. The van der Waals surface area contributed by atoms with Crippen molar-refractivity contribution in [2.45, 2.75) is 19.8 Å². The molecule has 0 N–H and O–H groups in total. The lowest BCUT2D eigenvalue weighted by atomic mass is 10.1. The molecule has 2 aromatic carbocycles. The summed E-state index contributed by atoms with van der Waals surface area (Å²) in [6.07, 6.45) is 3.62. The van der Waals surface area contributed by atoms with Gasteiger partial charge in [-0.05, 0) is 42.8 Å². The largest absolute Gasteiger partial charge is 0.497 e. The molecular formula is C26H28N6O2. The second kappa shape index (κ2) is 9.51. The molecule has 1 aliphatic heterocycles. The van der Waals surface area contributed by atoms with Gasteiger partial charge in [-0.3, -0.25) is 4.79 Å². The highest BCUT2D eigenvalue weighted by molar-refractivity contribution is 5.94. The van der Waals surface area contributed by atoms with Crippen LogP contribution in [0.1, 0.15) is 29.5 Å². The maximum atomic E-state index is 13.0. The fourth-order valence-corrected chi connectivity index (χ4v) is 4.31. The summed E-state index contributed by atoms with van der Waals surface area (Å²) in [5.41, 5.74) is 2.46. The zero-order valence-corrected chi connectivity index (χ0v) is 19.5. The van der Waals surface area contributed by atoms with Crippen molar-refractivity contribution in [2.24, 2.45) is 0 Å². The SMILES string of the molecule is CCCc1nc(N2CCN(C(=O)c3ccc(OC)cc3)CC2)c2cnn(-c3ccccc3)c2n1. The second-order valence-corrected chi connectivity index (χ2v) is 8.35. The van der Waals surface area contributed by atoms with E-state index in [4.69, 9.17) is 14.7 Å². The molecule has 8 nitrogen and oxygen atoms in total. The Morgan fingerprint density at radius 1 is 0.971 bits per heavy atom. The predicted molar refractivity (Wildman–Crippen MR) is 132 cm³/mol. The average molecular weight is 457 g/mol. The average Bonchev–Trinajstić information content (AvgIpc) is 3.33. The van der Waals surface area contributed by atoms with Crippen LogP contribution in [0.4, 0.5) is 5.82 Å². The molecule has 8 heteroatoms. The summed E-state index contributed by atoms with van der Waals surface area (Å²) < 4.78 is 7.08. The van der Waals surface area contributed by atoms with E-state index >= 15 is 0 Å². The number of piperazine rings is 1. The van der Waals surface area contributed by atoms with Crippen LogP contribution < -0.4 is 9.64 Å². The van der Waals surface area contributed by atoms with Crippen LogP contribution in [0.25, 0.3) is 16.7 Å². The highest BCUT2D eigenvalue weighted by atomic mass is 16.5. The molecule has 0 saturated carbocycles. The van der Waals surface area contributed by atoms with E-state index in [1.807, 2.05) is 70.4 Å². The summed E-state index contributed by atoms with van der Waals surface area (Å²) in [6, 6.07) is 17.3. The van der Waals surface area contributed by atoms with Gasteiger partial charge in [0.25, 0.3) is 5.91 Å². The molecule has 1 fully saturated rings. The Labute approximate surface area is 198 Å². The van der Waals surface area contributed by atoms with Crippen LogP contribution in [0.2, 0.25) is 0 Å². The Morgan fingerprint density at radius 2 is 1.71 bits per heavy atom. The fourth-order valence-electron chi connectivity index (χ4n) is 4.31. The number of carbonyl (C=O) groups excluding carboxylic acids is 1. The number of methoxy groups -OCH3 is 1. The van der Waals surface area contributed by atoms with E-state index in [0.717, 1.165) is 47.0 Å². The predicted octanol–water partition coefficient (Wildman–Crippen LogP) is 3.74. The van der Waals surface area contributed by atoms with E-state index in [2.05, 4.69) is 16.9 Å². The minimum atomic E-state index is 0.0405. The number of benzene rings is 2. The van der Waals surface area contributed by atoms with Crippen LogP contribution >= 0.6 is 0 Å². The molecule has 1 amide bonds. The van der Waals surface area contributed by atoms with Gasteiger partial charge in [-0.25, -0.2) is 14.6 Å². The van der Waals surface area contributed by atoms with Gasteiger partial charge in [-0.15, -0.1) is 0 Å². The number of anilines is 1. The Hall–Kier alpha value is -3.94. The number of amides is 1. The number of para-hydroxylation sites is 1. The van der Waals surface area contributed by atoms with Crippen LogP contribution in [0.5, 0.6) is 5.75 Å². The molecule has 34 heavy (non-hydrogen) atoms. The third-order valence-electron chi connectivity index (χ3n) is 6.13. The molecule has 2 aromatic heterocycles. The van der Waals surface area contributed by atoms with E-state index in [1.54, 1.807) is 7.11 Å². The first-order chi connectivity index (χ1) is 16.7. The molecule has 0 aliphatic carbocycles. The third kappa shape index (κ3) is 4.19. The molecule has 3 heterocycles. The maximum Gasteiger partial charge on any atom is 0.253 e. The smallest absolute Gasteiger partial charge is 0.253 e. The van der Waals surface area contributed by atoms with Gasteiger partial charge in [0.05, 0.1) is 24.4 Å². The summed E-state index contributed by atoms with van der Waals surface area (Å²) in [5.74, 6) is 2.50. The number of fused-ring (bicyclic) bond motifs is 1. The van der Waals surface area contributed by atoms with Crippen LogP contribution in [0, 0.1) is 0 Å². The first-order valence-electron chi connectivity index (χ1n) is 11.7. The minimum absolute atomic E-state index is 0.0405. The maximum absolute atomic E-state index is 13.0. The monoisotopic (exact) mass is 456 g/mol. The van der Waals surface area contributed by atoms with Crippen molar-refractivity contribution in [1.29, 1.82) is 0 Å². The zero-order chi connectivity index (χ0) is 23.5. The lowest BCUT2D eigenvalue weighted by Crippen LogP contribution is -2.49. The van der Waals surface area contributed by atoms with Gasteiger partial charge in [0.2, 0.25) is 0 Å². The van der Waals surface area contributed by atoms with Crippen LogP contribution in [-0.2, 0) is 6.42 Å². The molecule has 0 radical (unpaired) electrons. The van der Waals surface area contributed by atoms with E-state index in [1.165, 1.54) is 0 Å². The fraction of sp³-hybridized carbons (Fsp3) is 0.308. The highest BCUT2D eigenvalue weighted by Gasteiger charge is 2.25. The van der Waals surface area contributed by atoms with Crippen molar-refractivity contribution in [3.8, 4) is 11.4 Å². The number of aromatic nitrogens is 4. The standard InChI is InChI=1S/C26H28N6O2/c1-3-7-23-28-24(22-18-27-32(25(22)29-23)20-8-5-4-6-9-20)30-14-16-31(17-15-30)26(33)19-10-12-21(34-2)13-11-19/h4-6,8-13,18H,3,7,14-17H2,1-2H3. The van der Waals surface area contributed by atoms with Crippen molar-refractivity contribution in [3.05, 3.63) is 72.2 Å². The van der Waals surface area contributed by atoms with Gasteiger partial charge in [-0.2, -0.15) is 5.10 Å². The number of hydrogen-bond acceptors (Lipinski definition) is 6. The molecule has 0 unspecified atom stereocenters. The van der Waals surface area contributed by atoms with Gasteiger partial charge in [0.15, 0.2) is 5.65 Å². The molecule has 1 saturated heterocycles. The minimum Gasteiger partial charge on any atom is -0.497 e. The molecular weight excluding hydrogens is 428 g/mol. The van der Waals surface area contributed by atoms with Crippen molar-refractivity contribution in [3.63, 3.8) is 0 Å². The Kier molecular flexibility index (Phi) is 6.12. The van der Waals surface area contributed by atoms with E-state index in [-0.39, 0.29) is 5.91 Å². The summed E-state index contributed by atoms with van der Waals surface area (Å²) in [6.45, 7) is 4.80. The lowest BCUT2D eigenvalue weighted by Gasteiger charge is -2.35. The molecule has 0 spiro atoms. The van der Waals surface area contributed by atoms with Gasteiger partial charge in [0, 0.05) is 38.2 Å². The van der Waals surface area contributed by atoms with Gasteiger partial charge in [-0.1, -0.05) is 25.1 Å². The zero-order valence-electron chi connectivity index (χ0n) is 19.5. The number of ether oxygens (including phenoxy) is 1. The Balaban J connectivity index is 1.40. The second-order valence-electron chi connectivity index (χ2n) is 8.35. The molecule has 4 aromatic rings. The first-order valence-corrected chi connectivity index (χ1v) is 11.7. The number of carbonyl (C=O) groups is 1. The summed E-state index contributed by atoms with van der Waals surface area (Å²) in [7, 11) is 1.62. The molecule has 174 valence electrons. The van der Waals surface area contributed by atoms with Gasteiger partial charge < -0.3 is 14.5 Å². The van der Waals surface area contributed by atoms with E-state index in [9.17, 15) is 4.79 Å².